The summed E-state index contributed by atoms with van der Waals surface area (Å²) in [4.78, 5) is 24.8. The van der Waals surface area contributed by atoms with Gasteiger partial charge >= 0.3 is 0 Å². The molecule has 4 nitrogen and oxygen atoms in total. The lowest BCUT2D eigenvalue weighted by Crippen LogP contribution is -2.39. The average molecular weight is 361 g/mol. The van der Waals surface area contributed by atoms with Crippen LogP contribution in [0.3, 0.4) is 0 Å². The molecule has 1 aliphatic carbocycles. The smallest absolute Gasteiger partial charge is 0.251 e. The normalized spacial score (nSPS) is 20.1. The van der Waals surface area contributed by atoms with Crippen LogP contribution in [0.1, 0.15) is 49.9 Å². The maximum atomic E-state index is 12.4. The summed E-state index contributed by atoms with van der Waals surface area (Å²) >= 11 is 1.80. The molecule has 0 aliphatic heterocycles. The summed E-state index contributed by atoms with van der Waals surface area (Å²) in [5.41, 5.74) is 0.716. The van der Waals surface area contributed by atoms with E-state index >= 15 is 0 Å². The van der Waals surface area contributed by atoms with Gasteiger partial charge < -0.3 is 10.6 Å². The fraction of sp³-hybridized carbons (Fsp3) is 0.500. The third-order valence-electron chi connectivity index (χ3n) is 4.42. The Labute approximate surface area is 154 Å². The predicted octanol–water partition coefficient (Wildman–Crippen LogP) is 3.78. The summed E-state index contributed by atoms with van der Waals surface area (Å²) in [7, 11) is 0. The first-order chi connectivity index (χ1) is 12.0. The Bertz CT molecular complexity index is 590. The number of rotatable bonds is 7. The van der Waals surface area contributed by atoms with Crippen molar-refractivity contribution in [1.29, 1.82) is 0 Å². The molecule has 0 radical (unpaired) electrons. The molecule has 136 valence electrons. The van der Waals surface area contributed by atoms with Gasteiger partial charge in [0.25, 0.3) is 5.91 Å². The molecule has 1 aromatic rings. The number of nitrogens with one attached hydrogen (secondary N) is 2. The van der Waals surface area contributed by atoms with Crippen LogP contribution in [0.15, 0.2) is 41.8 Å². The first-order valence-electron chi connectivity index (χ1n) is 8.95. The molecule has 1 saturated carbocycles. The van der Waals surface area contributed by atoms with Crippen molar-refractivity contribution in [2.75, 3.05) is 6.54 Å². The zero-order chi connectivity index (χ0) is 18.2. The molecule has 0 aromatic heterocycles. The van der Waals surface area contributed by atoms with Crippen LogP contribution in [0.4, 0.5) is 0 Å². The van der Waals surface area contributed by atoms with E-state index in [2.05, 4.69) is 31.1 Å². The molecule has 0 unspecified atom stereocenters. The van der Waals surface area contributed by atoms with E-state index in [4.69, 9.17) is 0 Å². The summed E-state index contributed by atoms with van der Waals surface area (Å²) in [6.07, 6.45) is 5.26. The second kappa shape index (κ2) is 9.66. The Morgan fingerprint density at radius 2 is 1.84 bits per heavy atom. The van der Waals surface area contributed by atoms with E-state index in [0.717, 1.165) is 25.7 Å². The first kappa shape index (κ1) is 19.6. The molecule has 2 N–H and O–H groups in total. The van der Waals surface area contributed by atoms with Gasteiger partial charge in [0.1, 0.15) is 0 Å². The molecular formula is C20H28N2O2S. The van der Waals surface area contributed by atoms with Gasteiger partial charge in [-0.1, -0.05) is 20.4 Å². The maximum absolute atomic E-state index is 12.4. The van der Waals surface area contributed by atoms with Crippen molar-refractivity contribution < 1.29 is 9.59 Å². The topological polar surface area (TPSA) is 58.2 Å². The van der Waals surface area contributed by atoms with Crippen LogP contribution in [-0.4, -0.2) is 29.7 Å². The zero-order valence-electron chi connectivity index (χ0n) is 15.1. The highest BCUT2D eigenvalue weighted by atomic mass is 32.2. The van der Waals surface area contributed by atoms with Crippen LogP contribution in [0.5, 0.6) is 0 Å². The lowest BCUT2D eigenvalue weighted by molar-refractivity contribution is -0.116. The molecule has 1 aromatic carbocycles. The van der Waals surface area contributed by atoms with Gasteiger partial charge in [-0.2, -0.15) is 0 Å². The van der Waals surface area contributed by atoms with Gasteiger partial charge in [0.05, 0.1) is 0 Å². The molecular weight excluding hydrogens is 332 g/mol. The highest BCUT2D eigenvalue weighted by Crippen LogP contribution is 2.25. The van der Waals surface area contributed by atoms with Gasteiger partial charge in [-0.15, -0.1) is 11.8 Å². The third-order valence-corrected chi connectivity index (χ3v) is 5.44. The summed E-state index contributed by atoms with van der Waals surface area (Å²) in [5, 5.41) is 6.53. The summed E-state index contributed by atoms with van der Waals surface area (Å²) in [5.74, 6) is 0.378. The van der Waals surface area contributed by atoms with Crippen molar-refractivity contribution in [3.63, 3.8) is 0 Å². The summed E-state index contributed by atoms with van der Waals surface area (Å²) < 4.78 is 0. The van der Waals surface area contributed by atoms with Gasteiger partial charge in [0.15, 0.2) is 0 Å². The van der Waals surface area contributed by atoms with E-state index in [9.17, 15) is 9.59 Å². The fourth-order valence-electron chi connectivity index (χ4n) is 3.05. The van der Waals surface area contributed by atoms with E-state index < -0.39 is 0 Å². The minimum Gasteiger partial charge on any atom is -0.352 e. The molecule has 0 bridgehead atoms. The van der Waals surface area contributed by atoms with Crippen LogP contribution in [0.2, 0.25) is 0 Å². The van der Waals surface area contributed by atoms with Crippen molar-refractivity contribution in [3.8, 4) is 0 Å². The van der Waals surface area contributed by atoms with E-state index in [1.807, 2.05) is 24.3 Å². The monoisotopic (exact) mass is 360 g/mol. The standard InChI is InChI=1S/C20H28N2O2S/c1-4-19(23)21-13-15-5-9-17(10-6-15)22-20(24)16-7-11-18(12-8-16)25-14(2)3/h4,7-8,11-12,14-15,17H,1,5-6,9-10,13H2,2-3H3,(H,21,23)(H,22,24). The zero-order valence-corrected chi connectivity index (χ0v) is 15.9. The Hall–Kier alpha value is -1.75. The Morgan fingerprint density at radius 3 is 2.40 bits per heavy atom. The fourth-order valence-corrected chi connectivity index (χ4v) is 3.89. The minimum atomic E-state index is -0.116. The number of hydrogen-bond acceptors (Lipinski definition) is 3. The Morgan fingerprint density at radius 1 is 1.20 bits per heavy atom. The molecule has 5 heteroatoms. The molecule has 0 saturated heterocycles. The molecule has 1 fully saturated rings. The van der Waals surface area contributed by atoms with Crippen LogP contribution in [-0.2, 0) is 4.79 Å². The average Bonchev–Trinajstić information content (AvgIpc) is 2.61. The molecule has 0 heterocycles. The molecule has 25 heavy (non-hydrogen) atoms. The highest BCUT2D eigenvalue weighted by molar-refractivity contribution is 7.99. The van der Waals surface area contributed by atoms with Crippen molar-refractivity contribution in [3.05, 3.63) is 42.5 Å². The lowest BCUT2D eigenvalue weighted by atomic mass is 9.86. The second-order valence-electron chi connectivity index (χ2n) is 6.83. The van der Waals surface area contributed by atoms with Crippen molar-refractivity contribution >= 4 is 23.6 Å². The Kier molecular flexibility index (Phi) is 7.56. The van der Waals surface area contributed by atoms with E-state index in [1.54, 1.807) is 11.8 Å². The van der Waals surface area contributed by atoms with E-state index in [1.165, 1.54) is 11.0 Å². The molecule has 0 atom stereocenters. The number of benzene rings is 1. The van der Waals surface area contributed by atoms with Gasteiger partial charge in [-0.3, -0.25) is 9.59 Å². The second-order valence-corrected chi connectivity index (χ2v) is 8.48. The largest absolute Gasteiger partial charge is 0.352 e. The number of hydrogen-bond donors (Lipinski definition) is 2. The van der Waals surface area contributed by atoms with Crippen molar-refractivity contribution in [2.45, 2.75) is 55.7 Å². The summed E-state index contributed by atoms with van der Waals surface area (Å²) in [6, 6.07) is 8.05. The molecule has 2 rings (SSSR count). The number of amides is 2. The first-order valence-corrected chi connectivity index (χ1v) is 9.83. The van der Waals surface area contributed by atoms with Crippen molar-refractivity contribution in [1.82, 2.24) is 10.6 Å². The Balaban J connectivity index is 1.76. The highest BCUT2D eigenvalue weighted by Gasteiger charge is 2.23. The van der Waals surface area contributed by atoms with E-state index in [-0.39, 0.29) is 17.9 Å². The van der Waals surface area contributed by atoms with Crippen molar-refractivity contribution in [2.24, 2.45) is 5.92 Å². The SMILES string of the molecule is C=CC(=O)NCC1CCC(NC(=O)c2ccc(SC(C)C)cc2)CC1. The van der Waals surface area contributed by atoms with Gasteiger partial charge in [0.2, 0.25) is 5.91 Å². The number of carbonyl (C=O) groups excluding carboxylic acids is 2. The van der Waals surface area contributed by atoms with Gasteiger partial charge in [-0.05, 0) is 61.9 Å². The molecule has 1 aliphatic rings. The quantitative estimate of drug-likeness (QED) is 0.575. The number of carbonyl (C=O) groups is 2. The lowest BCUT2D eigenvalue weighted by Gasteiger charge is -2.29. The minimum absolute atomic E-state index is 0.00417. The van der Waals surface area contributed by atoms with E-state index in [0.29, 0.717) is 23.3 Å². The third kappa shape index (κ3) is 6.58. The maximum Gasteiger partial charge on any atom is 0.251 e. The van der Waals surface area contributed by atoms with Gasteiger partial charge in [-0.25, -0.2) is 0 Å². The molecule has 2 amide bonds. The predicted molar refractivity (Wildman–Crippen MR) is 104 cm³/mol. The van der Waals surface area contributed by atoms with Crippen LogP contribution in [0, 0.1) is 5.92 Å². The van der Waals surface area contributed by atoms with Gasteiger partial charge in [0, 0.05) is 28.3 Å². The van der Waals surface area contributed by atoms with Crippen LogP contribution < -0.4 is 10.6 Å². The van der Waals surface area contributed by atoms with Crippen LogP contribution >= 0.6 is 11.8 Å². The molecule has 0 spiro atoms. The summed E-state index contributed by atoms with van der Waals surface area (Å²) in [6.45, 7) is 8.47. The van der Waals surface area contributed by atoms with Crippen LogP contribution in [0.25, 0.3) is 0 Å². The number of thioether (sulfide) groups is 1.